The molecule has 2 atom stereocenters. The number of hydrogen-bond acceptors (Lipinski definition) is 12. The van der Waals surface area contributed by atoms with Gasteiger partial charge in [0.05, 0.1) is 35.6 Å². The van der Waals surface area contributed by atoms with Gasteiger partial charge in [0.15, 0.2) is 5.78 Å². The lowest BCUT2D eigenvalue weighted by Crippen LogP contribution is -2.52. The average molecular weight is 748 g/mol. The second-order valence-corrected chi connectivity index (χ2v) is 15.6. The highest BCUT2D eigenvalue weighted by molar-refractivity contribution is 6.03. The molecule has 0 radical (unpaired) electrons. The van der Waals surface area contributed by atoms with Crippen molar-refractivity contribution in [2.45, 2.75) is 76.9 Å². The van der Waals surface area contributed by atoms with Gasteiger partial charge < -0.3 is 19.9 Å². The largest absolute Gasteiger partial charge is 0.373 e. The number of piperazine rings is 1. The van der Waals surface area contributed by atoms with E-state index in [2.05, 4.69) is 47.4 Å². The summed E-state index contributed by atoms with van der Waals surface area (Å²) in [6, 6.07) is 12.2. The topological polar surface area (TPSA) is 155 Å². The molecule has 6 heterocycles. The summed E-state index contributed by atoms with van der Waals surface area (Å²) in [4.78, 5) is 71.5. The number of rotatable bonds is 9. The summed E-state index contributed by atoms with van der Waals surface area (Å²) >= 11 is 0. The number of fused-ring (bicyclic) bond motifs is 1. The van der Waals surface area contributed by atoms with Crippen molar-refractivity contribution in [1.29, 1.82) is 0 Å². The van der Waals surface area contributed by atoms with Crippen LogP contribution in [0.1, 0.15) is 79.9 Å². The Hall–Kier alpha value is -5.21. The fourth-order valence-corrected chi connectivity index (χ4v) is 8.73. The summed E-state index contributed by atoms with van der Waals surface area (Å²) in [5.41, 5.74) is 3.51. The molecule has 3 aliphatic heterocycles. The zero-order chi connectivity index (χ0) is 38.3. The number of hydrogen-bond donors (Lipinski definition) is 2. The van der Waals surface area contributed by atoms with Crippen LogP contribution in [0.3, 0.4) is 0 Å². The third kappa shape index (κ3) is 7.32. The predicted octanol–water partition coefficient (Wildman–Crippen LogP) is 4.28. The number of aryl methyl sites for hydroxylation is 1. The van der Waals surface area contributed by atoms with Gasteiger partial charge in [-0.1, -0.05) is 25.0 Å². The SMILES string of the molecule is CC(=O)c1c(C)c2cnc(Nc3ccc(N4CCOC(CN5CCN(c6ccc(C7(C)CCC(=O)NC7=O)cc6)CC5)C4)cn3)nc2n(C2CCCC2)c1=O. The van der Waals surface area contributed by atoms with Crippen LogP contribution in [0, 0.1) is 6.92 Å². The summed E-state index contributed by atoms with van der Waals surface area (Å²) in [6.45, 7) is 11.8. The molecule has 288 valence electrons. The van der Waals surface area contributed by atoms with Crippen molar-refractivity contribution in [3.63, 3.8) is 0 Å². The quantitative estimate of drug-likeness (QED) is 0.186. The Bertz CT molecular complexity index is 2160. The molecule has 55 heavy (non-hydrogen) atoms. The fourth-order valence-electron chi connectivity index (χ4n) is 8.73. The lowest BCUT2D eigenvalue weighted by Gasteiger charge is -2.40. The molecule has 14 heteroatoms. The second-order valence-electron chi connectivity index (χ2n) is 15.6. The summed E-state index contributed by atoms with van der Waals surface area (Å²) < 4.78 is 7.94. The zero-order valence-corrected chi connectivity index (χ0v) is 31.8. The number of aromatic nitrogens is 4. The monoisotopic (exact) mass is 747 g/mol. The number of piperidine rings is 1. The Morgan fingerprint density at radius 3 is 2.38 bits per heavy atom. The molecule has 14 nitrogen and oxygen atoms in total. The molecule has 8 rings (SSSR count). The summed E-state index contributed by atoms with van der Waals surface area (Å²) in [5, 5.41) is 6.43. The third-order valence-electron chi connectivity index (χ3n) is 12.1. The molecule has 0 spiro atoms. The molecule has 3 aromatic heterocycles. The van der Waals surface area contributed by atoms with Crippen molar-refractivity contribution in [2.75, 3.05) is 67.5 Å². The van der Waals surface area contributed by atoms with Crippen LogP contribution >= 0.6 is 0 Å². The first-order valence-corrected chi connectivity index (χ1v) is 19.5. The van der Waals surface area contributed by atoms with E-state index < -0.39 is 5.41 Å². The molecule has 2 amide bonds. The van der Waals surface area contributed by atoms with Gasteiger partial charge in [0.1, 0.15) is 11.5 Å². The van der Waals surface area contributed by atoms with Crippen LogP contribution in [0.4, 0.5) is 23.1 Å². The van der Waals surface area contributed by atoms with Crippen molar-refractivity contribution in [2.24, 2.45) is 0 Å². The van der Waals surface area contributed by atoms with Gasteiger partial charge >= 0.3 is 0 Å². The van der Waals surface area contributed by atoms with Gasteiger partial charge in [-0.15, -0.1) is 0 Å². The first-order chi connectivity index (χ1) is 26.6. The molecule has 1 saturated carbocycles. The lowest BCUT2D eigenvalue weighted by molar-refractivity contribution is -0.137. The fraction of sp³-hybridized carbons (Fsp3) is 0.488. The number of morpholine rings is 1. The van der Waals surface area contributed by atoms with Gasteiger partial charge in [0.25, 0.3) is 5.56 Å². The van der Waals surface area contributed by atoms with Crippen molar-refractivity contribution in [1.82, 2.24) is 29.7 Å². The van der Waals surface area contributed by atoms with E-state index in [9.17, 15) is 19.2 Å². The van der Waals surface area contributed by atoms with E-state index in [0.717, 1.165) is 88.4 Å². The number of ketones is 1. The maximum atomic E-state index is 13.6. The first kappa shape index (κ1) is 36.8. The van der Waals surface area contributed by atoms with Gasteiger partial charge in [-0.05, 0) is 75.4 Å². The van der Waals surface area contributed by atoms with Crippen LogP contribution in [0.5, 0.6) is 0 Å². The maximum absolute atomic E-state index is 13.6. The van der Waals surface area contributed by atoms with Crippen LogP contribution < -0.4 is 26.0 Å². The van der Waals surface area contributed by atoms with Crippen LogP contribution in [0.15, 0.2) is 53.6 Å². The summed E-state index contributed by atoms with van der Waals surface area (Å²) in [5.74, 6) is 0.280. The molecule has 4 aliphatic rings. The standard InChI is InChI=1S/C41H49N9O5/c1-26-33-23-43-40(46-37(33)50(30-6-4-5-7-30)38(53)36(26)27(2)51)44-34-13-12-31(22-42-34)49-20-21-55-32(25-49)24-47-16-18-48(19-17-47)29-10-8-28(9-11-29)41(3)15-14-35(52)45-39(41)54/h8-13,22-23,30,32H,4-7,14-21,24-25H2,1-3H3,(H,45,52,54)(H,42,43,44,46). The van der Waals surface area contributed by atoms with Crippen LogP contribution in [-0.2, 0) is 19.7 Å². The van der Waals surface area contributed by atoms with E-state index in [1.807, 2.05) is 37.4 Å². The number of anilines is 4. The van der Waals surface area contributed by atoms with Crippen molar-refractivity contribution in [3.05, 3.63) is 75.8 Å². The van der Waals surface area contributed by atoms with E-state index in [0.29, 0.717) is 47.8 Å². The maximum Gasteiger partial charge on any atom is 0.263 e. The van der Waals surface area contributed by atoms with Crippen molar-refractivity contribution >= 4 is 51.8 Å². The van der Waals surface area contributed by atoms with E-state index in [1.54, 1.807) is 17.7 Å². The Balaban J connectivity index is 0.869. The number of ether oxygens (including phenoxy) is 1. The Morgan fingerprint density at radius 1 is 0.945 bits per heavy atom. The number of nitrogens with zero attached hydrogens (tertiary/aromatic N) is 7. The van der Waals surface area contributed by atoms with Crippen LogP contribution in [-0.4, -0.2) is 101 Å². The molecule has 1 aliphatic carbocycles. The Kier molecular flexibility index (Phi) is 10.1. The van der Waals surface area contributed by atoms with Gasteiger partial charge in [-0.3, -0.25) is 34.0 Å². The molecule has 2 N–H and O–H groups in total. The minimum atomic E-state index is -0.687. The number of Topliss-reactive ketones (excluding diaryl/α,β-unsaturated/α-hetero) is 1. The molecule has 2 unspecified atom stereocenters. The number of nitrogens with one attached hydrogen (secondary N) is 2. The molecular formula is C41H49N9O5. The van der Waals surface area contributed by atoms with Gasteiger partial charge in [-0.2, -0.15) is 4.98 Å². The predicted molar refractivity (Wildman–Crippen MR) is 210 cm³/mol. The number of carbonyl (C=O) groups excluding carboxylic acids is 3. The zero-order valence-electron chi connectivity index (χ0n) is 31.8. The second kappa shape index (κ2) is 15.1. The third-order valence-corrected chi connectivity index (χ3v) is 12.1. The number of imide groups is 1. The van der Waals surface area contributed by atoms with Crippen molar-refractivity contribution in [3.8, 4) is 0 Å². The van der Waals surface area contributed by atoms with Gasteiger partial charge in [0.2, 0.25) is 17.8 Å². The highest BCUT2D eigenvalue weighted by Gasteiger charge is 2.40. The van der Waals surface area contributed by atoms with Crippen molar-refractivity contribution < 1.29 is 19.1 Å². The lowest BCUT2D eigenvalue weighted by atomic mass is 9.75. The van der Waals surface area contributed by atoms with E-state index in [1.165, 1.54) is 6.92 Å². The number of pyridine rings is 2. The smallest absolute Gasteiger partial charge is 0.263 e. The number of benzene rings is 1. The first-order valence-electron chi connectivity index (χ1n) is 19.5. The molecule has 4 fully saturated rings. The molecule has 4 aromatic rings. The normalized spacial score (nSPS) is 22.6. The Labute approximate surface area is 320 Å². The number of carbonyl (C=O) groups is 3. The molecular weight excluding hydrogens is 699 g/mol. The van der Waals surface area contributed by atoms with Crippen LogP contribution in [0.25, 0.3) is 11.0 Å². The molecule has 0 bridgehead atoms. The Morgan fingerprint density at radius 2 is 1.69 bits per heavy atom. The minimum absolute atomic E-state index is 0.0119. The van der Waals surface area contributed by atoms with E-state index in [-0.39, 0.29) is 40.9 Å². The van der Waals surface area contributed by atoms with E-state index in [4.69, 9.17) is 9.72 Å². The highest BCUT2D eigenvalue weighted by Crippen LogP contribution is 2.34. The molecule has 1 aromatic carbocycles. The average Bonchev–Trinajstić information content (AvgIpc) is 3.72. The van der Waals surface area contributed by atoms with Crippen LogP contribution in [0.2, 0.25) is 0 Å². The summed E-state index contributed by atoms with van der Waals surface area (Å²) in [7, 11) is 0. The van der Waals surface area contributed by atoms with Gasteiger partial charge in [0, 0.05) is 75.5 Å². The highest BCUT2D eigenvalue weighted by atomic mass is 16.5. The van der Waals surface area contributed by atoms with E-state index >= 15 is 0 Å². The molecule has 3 saturated heterocycles. The number of amides is 2. The van der Waals surface area contributed by atoms with Gasteiger partial charge in [-0.25, -0.2) is 9.97 Å². The minimum Gasteiger partial charge on any atom is -0.373 e. The summed E-state index contributed by atoms with van der Waals surface area (Å²) in [6.07, 6.45) is 8.36.